The van der Waals surface area contributed by atoms with Crippen LogP contribution in [0.2, 0.25) is 0 Å². The topological polar surface area (TPSA) is 86.8 Å². The molecule has 35 heavy (non-hydrogen) atoms. The molecule has 0 bridgehead atoms. The van der Waals surface area contributed by atoms with Crippen molar-refractivity contribution in [2.75, 3.05) is 23.7 Å². The first-order valence-corrected chi connectivity index (χ1v) is 14.1. The van der Waals surface area contributed by atoms with Gasteiger partial charge in [0.25, 0.3) is 0 Å². The Labute approximate surface area is 210 Å². The summed E-state index contributed by atoms with van der Waals surface area (Å²) < 4.78 is 26.3. The third-order valence-electron chi connectivity index (χ3n) is 6.00. The second-order valence-electron chi connectivity index (χ2n) is 8.78. The first-order chi connectivity index (χ1) is 16.6. The Morgan fingerprint density at radius 1 is 0.943 bits per heavy atom. The minimum atomic E-state index is -3.51. The van der Waals surface area contributed by atoms with Crippen LogP contribution in [0.15, 0.2) is 48.5 Å². The highest BCUT2D eigenvalue weighted by molar-refractivity contribution is 7.92. The number of carbonyl (C=O) groups is 2. The zero-order valence-corrected chi connectivity index (χ0v) is 22.4. The van der Waals surface area contributed by atoms with Crippen molar-refractivity contribution >= 4 is 27.5 Å². The normalized spacial score (nSPS) is 12.1. The molecule has 0 aliphatic rings. The molecule has 7 nitrogen and oxygen atoms in total. The van der Waals surface area contributed by atoms with E-state index in [0.717, 1.165) is 23.1 Å². The van der Waals surface area contributed by atoms with Crippen molar-refractivity contribution < 1.29 is 18.0 Å². The second kappa shape index (κ2) is 13.3. The van der Waals surface area contributed by atoms with E-state index in [9.17, 15) is 18.0 Å². The Hall–Kier alpha value is -2.87. The minimum absolute atomic E-state index is 0.140. The molecule has 1 atom stereocenters. The number of sulfonamides is 1. The highest BCUT2D eigenvalue weighted by atomic mass is 32.2. The number of hydrogen-bond acceptors (Lipinski definition) is 4. The summed E-state index contributed by atoms with van der Waals surface area (Å²) in [4.78, 5) is 27.7. The average molecular weight is 502 g/mol. The molecule has 0 heterocycles. The molecule has 192 valence electrons. The Kier molecular flexibility index (Phi) is 10.8. The van der Waals surface area contributed by atoms with Gasteiger partial charge >= 0.3 is 0 Å². The number of nitrogens with zero attached hydrogens (tertiary/aromatic N) is 2. The lowest BCUT2D eigenvalue weighted by atomic mass is 10.1. The third-order valence-corrected chi connectivity index (χ3v) is 7.19. The van der Waals surface area contributed by atoms with Gasteiger partial charge in [0, 0.05) is 26.1 Å². The molecule has 2 aromatic rings. The molecule has 0 aliphatic heterocycles. The van der Waals surface area contributed by atoms with Crippen molar-refractivity contribution in [2.45, 2.75) is 66.0 Å². The van der Waals surface area contributed by atoms with Gasteiger partial charge in [-0.15, -0.1) is 0 Å². The summed E-state index contributed by atoms with van der Waals surface area (Å²) in [7, 11) is -3.51. The highest BCUT2D eigenvalue weighted by Crippen LogP contribution is 2.20. The molecule has 0 saturated heterocycles. The van der Waals surface area contributed by atoms with Gasteiger partial charge in [-0.25, -0.2) is 8.42 Å². The Morgan fingerprint density at radius 2 is 1.54 bits per heavy atom. The monoisotopic (exact) mass is 501 g/mol. The fourth-order valence-corrected chi connectivity index (χ4v) is 4.97. The zero-order chi connectivity index (χ0) is 26.0. The van der Waals surface area contributed by atoms with Crippen LogP contribution in [0, 0.1) is 6.92 Å². The van der Waals surface area contributed by atoms with Crippen LogP contribution in [0.4, 0.5) is 5.69 Å². The molecule has 2 aromatic carbocycles. The van der Waals surface area contributed by atoms with Crippen molar-refractivity contribution in [3.05, 3.63) is 65.2 Å². The van der Waals surface area contributed by atoms with Gasteiger partial charge in [-0.05, 0) is 56.4 Å². The molecular formula is C27H39N3O4S. The summed E-state index contributed by atoms with van der Waals surface area (Å²) >= 11 is 0. The van der Waals surface area contributed by atoms with Gasteiger partial charge in [0.2, 0.25) is 21.8 Å². The van der Waals surface area contributed by atoms with Crippen molar-refractivity contribution in [2.24, 2.45) is 0 Å². The summed E-state index contributed by atoms with van der Waals surface area (Å²) in [5.41, 5.74) is 3.78. The SMILES string of the molecule is CCNC(=O)C(CC)N(Cc1ccc(C)cc1)C(=O)CCCN(c1ccc(CC)cc1)S(C)(=O)=O. The Morgan fingerprint density at radius 3 is 2.06 bits per heavy atom. The Bertz CT molecular complexity index is 1070. The van der Waals surface area contributed by atoms with Crippen LogP contribution in [0.3, 0.4) is 0 Å². The van der Waals surface area contributed by atoms with E-state index in [1.165, 1.54) is 10.6 Å². The van der Waals surface area contributed by atoms with Gasteiger partial charge in [-0.3, -0.25) is 13.9 Å². The molecule has 2 rings (SSSR count). The summed E-state index contributed by atoms with van der Waals surface area (Å²) in [5.74, 6) is -0.345. The molecular weight excluding hydrogens is 462 g/mol. The molecule has 0 aliphatic carbocycles. The van der Waals surface area contributed by atoms with Crippen LogP contribution in [0.25, 0.3) is 0 Å². The van der Waals surface area contributed by atoms with E-state index in [2.05, 4.69) is 5.32 Å². The number of nitrogens with one attached hydrogen (secondary N) is 1. The lowest BCUT2D eigenvalue weighted by Gasteiger charge is -2.31. The van der Waals surface area contributed by atoms with Gasteiger partial charge < -0.3 is 10.2 Å². The molecule has 0 saturated carbocycles. The van der Waals surface area contributed by atoms with Crippen LogP contribution < -0.4 is 9.62 Å². The van der Waals surface area contributed by atoms with E-state index in [1.54, 1.807) is 17.0 Å². The van der Waals surface area contributed by atoms with Crippen molar-refractivity contribution in [1.82, 2.24) is 10.2 Å². The minimum Gasteiger partial charge on any atom is -0.355 e. The average Bonchev–Trinajstić information content (AvgIpc) is 2.82. The maximum atomic E-state index is 13.4. The molecule has 8 heteroatoms. The molecule has 1 unspecified atom stereocenters. The number of rotatable bonds is 13. The van der Waals surface area contributed by atoms with Crippen molar-refractivity contribution in [1.29, 1.82) is 0 Å². The number of likely N-dealkylation sites (N-methyl/N-ethyl adjacent to an activating group) is 1. The van der Waals surface area contributed by atoms with E-state index in [4.69, 9.17) is 0 Å². The quantitative estimate of drug-likeness (QED) is 0.449. The third kappa shape index (κ3) is 8.38. The van der Waals surface area contributed by atoms with Gasteiger partial charge in [-0.2, -0.15) is 0 Å². The number of aryl methyl sites for hydroxylation is 2. The fourth-order valence-electron chi connectivity index (χ4n) is 4.00. The number of anilines is 1. The van der Waals surface area contributed by atoms with E-state index < -0.39 is 16.1 Å². The lowest BCUT2D eigenvalue weighted by molar-refractivity contribution is -0.141. The number of carbonyl (C=O) groups excluding carboxylic acids is 2. The summed E-state index contributed by atoms with van der Waals surface area (Å²) in [6.45, 7) is 8.78. The van der Waals surface area contributed by atoms with Gasteiger partial charge in [0.05, 0.1) is 11.9 Å². The second-order valence-corrected chi connectivity index (χ2v) is 10.7. The van der Waals surface area contributed by atoms with Crippen molar-refractivity contribution in [3.63, 3.8) is 0 Å². The number of benzene rings is 2. The predicted octanol–water partition coefficient (Wildman–Crippen LogP) is 4.05. The maximum Gasteiger partial charge on any atom is 0.242 e. The number of amides is 2. The molecule has 0 spiro atoms. The number of hydrogen-bond donors (Lipinski definition) is 1. The van der Waals surface area contributed by atoms with Crippen LogP contribution in [-0.4, -0.2) is 50.5 Å². The fraction of sp³-hybridized carbons (Fsp3) is 0.481. The van der Waals surface area contributed by atoms with Crippen LogP contribution in [0.5, 0.6) is 0 Å². The van der Waals surface area contributed by atoms with E-state index in [-0.39, 0.29) is 24.8 Å². The van der Waals surface area contributed by atoms with Gasteiger partial charge in [0.15, 0.2) is 0 Å². The summed E-state index contributed by atoms with van der Waals surface area (Å²) in [6.07, 6.45) is 3.02. The molecule has 0 aromatic heterocycles. The Balaban J connectivity index is 2.18. The van der Waals surface area contributed by atoms with Crippen LogP contribution >= 0.6 is 0 Å². The van der Waals surface area contributed by atoms with Crippen molar-refractivity contribution in [3.8, 4) is 0 Å². The van der Waals surface area contributed by atoms with E-state index >= 15 is 0 Å². The molecule has 0 fully saturated rings. The summed E-state index contributed by atoms with van der Waals surface area (Å²) in [6, 6.07) is 14.7. The largest absolute Gasteiger partial charge is 0.355 e. The van der Waals surface area contributed by atoms with Crippen LogP contribution in [0.1, 0.15) is 56.7 Å². The zero-order valence-electron chi connectivity index (χ0n) is 21.6. The van der Waals surface area contributed by atoms with Crippen LogP contribution in [-0.2, 0) is 32.6 Å². The molecule has 0 radical (unpaired) electrons. The van der Waals surface area contributed by atoms with E-state index in [1.807, 2.05) is 64.1 Å². The first kappa shape index (κ1) is 28.4. The highest BCUT2D eigenvalue weighted by Gasteiger charge is 2.28. The molecule has 2 amide bonds. The molecule has 1 N–H and O–H groups in total. The predicted molar refractivity (Wildman–Crippen MR) is 142 cm³/mol. The lowest BCUT2D eigenvalue weighted by Crippen LogP contribution is -2.49. The van der Waals surface area contributed by atoms with Gasteiger partial charge in [0.1, 0.15) is 6.04 Å². The standard InChI is InChI=1S/C27H39N3O4S/c1-6-22-15-17-24(18-16-22)30(35(5,33)34)19-9-10-26(31)29(25(7-2)27(32)28-8-3)20-23-13-11-21(4)12-14-23/h11-18,25H,6-10,19-20H2,1-5H3,(H,28,32). The maximum absolute atomic E-state index is 13.4. The smallest absolute Gasteiger partial charge is 0.242 e. The van der Waals surface area contributed by atoms with E-state index in [0.29, 0.717) is 31.6 Å². The summed E-state index contributed by atoms with van der Waals surface area (Å²) in [5, 5.41) is 2.83. The first-order valence-electron chi connectivity index (χ1n) is 12.3. The van der Waals surface area contributed by atoms with Gasteiger partial charge in [-0.1, -0.05) is 55.8 Å².